The Labute approximate surface area is 134 Å². The van der Waals surface area contributed by atoms with Crippen LogP contribution in [0.5, 0.6) is 0 Å². The van der Waals surface area contributed by atoms with Crippen LogP contribution in [-0.2, 0) is 16.3 Å². The summed E-state index contributed by atoms with van der Waals surface area (Å²) in [5, 5.41) is 6.69. The number of nitrogens with zero attached hydrogens (tertiary/aromatic N) is 2. The van der Waals surface area contributed by atoms with Crippen LogP contribution in [0.25, 0.3) is 11.5 Å². The van der Waals surface area contributed by atoms with Gasteiger partial charge in [-0.15, -0.1) is 0 Å². The Bertz CT molecular complexity index is 808. The third-order valence-electron chi connectivity index (χ3n) is 3.47. The molecular weight excluding hydrogens is 318 g/mol. The zero-order valence-electron chi connectivity index (χ0n) is 12.7. The van der Waals surface area contributed by atoms with Crippen molar-refractivity contribution in [1.29, 1.82) is 0 Å². The molecule has 0 atom stereocenters. The van der Waals surface area contributed by atoms with E-state index in [4.69, 9.17) is 4.52 Å². The summed E-state index contributed by atoms with van der Waals surface area (Å²) >= 11 is 0. The minimum Gasteiger partial charge on any atom is -0.349 e. The molecular formula is C15H17N3O4S. The van der Waals surface area contributed by atoms with E-state index in [-0.39, 0.29) is 18.1 Å². The van der Waals surface area contributed by atoms with Crippen molar-refractivity contribution in [3.8, 4) is 11.5 Å². The fourth-order valence-corrected chi connectivity index (χ4v) is 2.56. The van der Waals surface area contributed by atoms with Crippen LogP contribution in [0.4, 0.5) is 0 Å². The van der Waals surface area contributed by atoms with Gasteiger partial charge in [-0.2, -0.15) is 4.98 Å². The summed E-state index contributed by atoms with van der Waals surface area (Å²) in [5.74, 6) is 0.550. The molecule has 1 aliphatic rings. The Balaban J connectivity index is 1.67. The van der Waals surface area contributed by atoms with E-state index in [1.54, 1.807) is 24.3 Å². The Morgan fingerprint density at radius 2 is 2.00 bits per heavy atom. The first-order chi connectivity index (χ1) is 10.9. The number of aromatic nitrogens is 2. The Morgan fingerprint density at radius 1 is 1.30 bits per heavy atom. The minimum absolute atomic E-state index is 0.0216. The van der Waals surface area contributed by atoms with Crippen LogP contribution >= 0.6 is 0 Å². The van der Waals surface area contributed by atoms with Gasteiger partial charge in [-0.05, 0) is 37.1 Å². The molecule has 1 aromatic carbocycles. The monoisotopic (exact) mass is 335 g/mol. The van der Waals surface area contributed by atoms with Gasteiger partial charge in [0.2, 0.25) is 0 Å². The largest absolute Gasteiger partial charge is 0.349 e. The van der Waals surface area contributed by atoms with Crippen molar-refractivity contribution in [3.05, 3.63) is 35.7 Å². The molecule has 0 radical (unpaired) electrons. The zero-order chi connectivity index (χ0) is 16.4. The Morgan fingerprint density at radius 3 is 2.61 bits per heavy atom. The van der Waals surface area contributed by atoms with Gasteiger partial charge < -0.3 is 9.84 Å². The molecule has 122 valence electrons. The molecule has 1 amide bonds. The van der Waals surface area contributed by atoms with Crippen molar-refractivity contribution >= 4 is 15.7 Å². The average Bonchev–Trinajstić information content (AvgIpc) is 3.19. The molecule has 1 fully saturated rings. The molecule has 7 nitrogen and oxygen atoms in total. The summed E-state index contributed by atoms with van der Waals surface area (Å²) in [4.78, 5) is 16.1. The van der Waals surface area contributed by atoms with Crippen molar-refractivity contribution in [3.63, 3.8) is 0 Å². The van der Waals surface area contributed by atoms with Gasteiger partial charge in [0.25, 0.3) is 11.8 Å². The Hall–Kier alpha value is -2.22. The van der Waals surface area contributed by atoms with Gasteiger partial charge in [-0.1, -0.05) is 5.16 Å². The Kier molecular flexibility index (Phi) is 4.16. The fourth-order valence-electron chi connectivity index (χ4n) is 2.01. The second-order valence-corrected chi connectivity index (χ2v) is 7.98. The maximum atomic E-state index is 11.9. The molecule has 0 spiro atoms. The number of aryl methyl sites for hydroxylation is 1. The number of carbonyl (C=O) groups is 1. The molecule has 0 saturated heterocycles. The SMILES string of the molecule is CS(=O)(=O)CCc1noc(-c2ccc(C(=O)NC3CC3)cc2)n1. The lowest BCUT2D eigenvalue weighted by molar-refractivity contribution is 0.0951. The van der Waals surface area contributed by atoms with Gasteiger partial charge in [0.1, 0.15) is 9.84 Å². The molecule has 3 rings (SSSR count). The average molecular weight is 335 g/mol. The number of nitrogens with one attached hydrogen (secondary N) is 1. The summed E-state index contributed by atoms with van der Waals surface area (Å²) in [6.45, 7) is 0. The van der Waals surface area contributed by atoms with Crippen molar-refractivity contribution in [1.82, 2.24) is 15.5 Å². The second-order valence-electron chi connectivity index (χ2n) is 5.72. The smallest absolute Gasteiger partial charge is 0.257 e. The summed E-state index contributed by atoms with van der Waals surface area (Å²) < 4.78 is 27.4. The number of carbonyl (C=O) groups excluding carboxylic acids is 1. The van der Waals surface area contributed by atoms with E-state index in [2.05, 4.69) is 15.5 Å². The number of rotatable bonds is 6. The molecule has 1 aliphatic carbocycles. The maximum Gasteiger partial charge on any atom is 0.257 e. The lowest BCUT2D eigenvalue weighted by atomic mass is 10.1. The standard InChI is InChI=1S/C15H17N3O4S/c1-23(20,21)9-8-13-17-15(22-18-13)11-4-2-10(3-5-11)14(19)16-12-6-7-12/h2-5,12H,6-9H2,1H3,(H,16,19). The summed E-state index contributed by atoms with van der Waals surface area (Å²) in [7, 11) is -3.06. The van der Waals surface area contributed by atoms with Gasteiger partial charge in [0, 0.05) is 29.8 Å². The predicted octanol–water partition coefficient (Wildman–Crippen LogP) is 1.22. The zero-order valence-corrected chi connectivity index (χ0v) is 13.5. The van der Waals surface area contributed by atoms with Gasteiger partial charge in [0.15, 0.2) is 5.82 Å². The second kappa shape index (κ2) is 6.11. The highest BCUT2D eigenvalue weighted by Gasteiger charge is 2.23. The van der Waals surface area contributed by atoms with E-state index < -0.39 is 9.84 Å². The third kappa shape index (κ3) is 4.38. The molecule has 1 heterocycles. The molecule has 8 heteroatoms. The molecule has 0 aliphatic heterocycles. The van der Waals surface area contributed by atoms with Crippen LogP contribution in [0.1, 0.15) is 29.0 Å². The van der Waals surface area contributed by atoms with Crippen molar-refractivity contribution in [2.24, 2.45) is 0 Å². The quantitative estimate of drug-likeness (QED) is 0.851. The lowest BCUT2D eigenvalue weighted by Gasteiger charge is -2.03. The topological polar surface area (TPSA) is 102 Å². The van der Waals surface area contributed by atoms with Crippen LogP contribution < -0.4 is 5.32 Å². The first-order valence-electron chi connectivity index (χ1n) is 7.32. The highest BCUT2D eigenvalue weighted by Crippen LogP contribution is 2.21. The number of benzene rings is 1. The minimum atomic E-state index is -3.06. The maximum absolute atomic E-state index is 11.9. The molecule has 1 N–H and O–H groups in total. The summed E-state index contributed by atoms with van der Waals surface area (Å²) in [5.41, 5.74) is 1.27. The normalized spacial score (nSPS) is 14.7. The van der Waals surface area contributed by atoms with Gasteiger partial charge in [0.05, 0.1) is 5.75 Å². The first-order valence-corrected chi connectivity index (χ1v) is 9.38. The van der Waals surface area contributed by atoms with E-state index in [9.17, 15) is 13.2 Å². The third-order valence-corrected chi connectivity index (χ3v) is 4.42. The number of hydrogen-bond donors (Lipinski definition) is 1. The van der Waals surface area contributed by atoms with Crippen LogP contribution in [0, 0.1) is 0 Å². The lowest BCUT2D eigenvalue weighted by Crippen LogP contribution is -2.25. The fraction of sp³-hybridized carbons (Fsp3) is 0.400. The summed E-state index contributed by atoms with van der Waals surface area (Å²) in [6, 6.07) is 7.18. The van der Waals surface area contributed by atoms with E-state index in [0.717, 1.165) is 12.8 Å². The van der Waals surface area contributed by atoms with E-state index >= 15 is 0 Å². The van der Waals surface area contributed by atoms with E-state index in [0.29, 0.717) is 28.9 Å². The number of sulfone groups is 1. The van der Waals surface area contributed by atoms with Gasteiger partial charge in [-0.3, -0.25) is 4.79 Å². The number of amides is 1. The van der Waals surface area contributed by atoms with E-state index in [1.807, 2.05) is 0 Å². The molecule has 1 saturated carbocycles. The first kappa shape index (κ1) is 15.7. The molecule has 0 bridgehead atoms. The van der Waals surface area contributed by atoms with E-state index in [1.165, 1.54) is 6.26 Å². The molecule has 2 aromatic rings. The van der Waals surface area contributed by atoms with Crippen LogP contribution in [0.2, 0.25) is 0 Å². The highest BCUT2D eigenvalue weighted by molar-refractivity contribution is 7.90. The van der Waals surface area contributed by atoms with Crippen molar-refractivity contribution in [2.45, 2.75) is 25.3 Å². The molecule has 0 unspecified atom stereocenters. The van der Waals surface area contributed by atoms with Crippen LogP contribution in [0.3, 0.4) is 0 Å². The van der Waals surface area contributed by atoms with Crippen molar-refractivity contribution < 1.29 is 17.7 Å². The predicted molar refractivity (Wildman–Crippen MR) is 83.6 cm³/mol. The summed E-state index contributed by atoms with van der Waals surface area (Å²) in [6.07, 6.45) is 3.47. The van der Waals surface area contributed by atoms with Crippen LogP contribution in [0.15, 0.2) is 28.8 Å². The van der Waals surface area contributed by atoms with Gasteiger partial charge >= 0.3 is 0 Å². The highest BCUT2D eigenvalue weighted by atomic mass is 32.2. The van der Waals surface area contributed by atoms with Gasteiger partial charge in [-0.25, -0.2) is 8.42 Å². The molecule has 1 aromatic heterocycles. The number of hydrogen-bond acceptors (Lipinski definition) is 6. The van der Waals surface area contributed by atoms with Crippen LogP contribution in [-0.4, -0.2) is 42.5 Å². The van der Waals surface area contributed by atoms with Crippen molar-refractivity contribution in [2.75, 3.05) is 12.0 Å². The molecule has 23 heavy (non-hydrogen) atoms.